The van der Waals surface area contributed by atoms with E-state index in [-0.39, 0.29) is 23.9 Å². The summed E-state index contributed by atoms with van der Waals surface area (Å²) < 4.78 is 13.8. The first-order valence-electron chi connectivity index (χ1n) is 6.28. The number of carbonyl (C=O) groups excluding carboxylic acids is 1. The molecule has 2 rings (SSSR count). The third-order valence-electron chi connectivity index (χ3n) is 3.30. The van der Waals surface area contributed by atoms with Crippen molar-refractivity contribution < 1.29 is 9.18 Å². The molecule has 0 aromatic heterocycles. The average Bonchev–Trinajstić information content (AvgIpc) is 2.58. The summed E-state index contributed by atoms with van der Waals surface area (Å²) in [7, 11) is 1.72. The minimum absolute atomic E-state index is 0.0388. The predicted octanol–water partition coefficient (Wildman–Crippen LogP) is 2.30. The Kier molecular flexibility index (Phi) is 3.66. The van der Waals surface area contributed by atoms with Gasteiger partial charge in [0.15, 0.2) is 0 Å². The predicted molar refractivity (Wildman–Crippen MR) is 68.3 cm³/mol. The van der Waals surface area contributed by atoms with E-state index in [4.69, 9.17) is 0 Å². The minimum atomic E-state index is -0.359. The summed E-state index contributed by atoms with van der Waals surface area (Å²) in [6, 6.07) is 6.37. The van der Waals surface area contributed by atoms with E-state index in [1.54, 1.807) is 30.1 Å². The van der Waals surface area contributed by atoms with Gasteiger partial charge in [0.1, 0.15) is 12.0 Å². The summed E-state index contributed by atoms with van der Waals surface area (Å²) in [6.07, 6.45) is 0.413. The maximum atomic E-state index is 13.8. The van der Waals surface area contributed by atoms with Gasteiger partial charge in [-0.3, -0.25) is 10.1 Å². The van der Waals surface area contributed by atoms with Crippen molar-refractivity contribution in [3.8, 4) is 0 Å². The number of benzene rings is 1. The summed E-state index contributed by atoms with van der Waals surface area (Å²) in [5.41, 5.74) is 0.527. The van der Waals surface area contributed by atoms with Crippen LogP contribution in [0.4, 0.5) is 4.39 Å². The molecule has 0 radical (unpaired) electrons. The van der Waals surface area contributed by atoms with Crippen LogP contribution >= 0.6 is 0 Å². The highest BCUT2D eigenvalue weighted by molar-refractivity contribution is 5.84. The van der Waals surface area contributed by atoms with E-state index in [2.05, 4.69) is 19.2 Å². The molecule has 1 aliphatic rings. The Labute approximate surface area is 107 Å². The van der Waals surface area contributed by atoms with Crippen LogP contribution in [0.1, 0.15) is 32.0 Å². The Bertz CT molecular complexity index is 447. The first-order valence-corrected chi connectivity index (χ1v) is 6.28. The van der Waals surface area contributed by atoms with Crippen LogP contribution in [-0.2, 0) is 4.79 Å². The number of halogens is 1. The molecule has 3 nitrogen and oxygen atoms in total. The molecule has 1 heterocycles. The van der Waals surface area contributed by atoms with Crippen LogP contribution < -0.4 is 5.32 Å². The van der Waals surface area contributed by atoms with E-state index in [0.29, 0.717) is 11.5 Å². The number of carbonyl (C=O) groups is 1. The van der Waals surface area contributed by atoms with Crippen LogP contribution in [0.15, 0.2) is 24.3 Å². The fourth-order valence-corrected chi connectivity index (χ4v) is 2.38. The van der Waals surface area contributed by atoms with Gasteiger partial charge in [0.05, 0.1) is 6.04 Å². The van der Waals surface area contributed by atoms with Gasteiger partial charge >= 0.3 is 0 Å². The van der Waals surface area contributed by atoms with Gasteiger partial charge in [0, 0.05) is 12.6 Å². The lowest BCUT2D eigenvalue weighted by Crippen LogP contribution is -2.30. The number of amides is 1. The molecule has 1 aromatic rings. The maximum absolute atomic E-state index is 13.8. The number of rotatable bonds is 3. The zero-order valence-electron chi connectivity index (χ0n) is 11.0. The maximum Gasteiger partial charge on any atom is 0.241 e. The Morgan fingerprint density at radius 2 is 2.06 bits per heavy atom. The SMILES string of the molecule is CC(C)CC1NC(c2ccccc2F)N(C)C1=O. The molecule has 1 aromatic carbocycles. The quantitative estimate of drug-likeness (QED) is 0.892. The third kappa shape index (κ3) is 2.38. The van der Waals surface area contributed by atoms with E-state index in [9.17, 15) is 9.18 Å². The van der Waals surface area contributed by atoms with E-state index >= 15 is 0 Å². The number of hydrogen-bond acceptors (Lipinski definition) is 2. The van der Waals surface area contributed by atoms with Gasteiger partial charge in [-0.15, -0.1) is 0 Å². The fourth-order valence-electron chi connectivity index (χ4n) is 2.38. The molecule has 0 bridgehead atoms. The monoisotopic (exact) mass is 250 g/mol. The highest BCUT2D eigenvalue weighted by atomic mass is 19.1. The van der Waals surface area contributed by atoms with Crippen LogP contribution in [0.3, 0.4) is 0 Å². The van der Waals surface area contributed by atoms with Crippen LogP contribution in [0.5, 0.6) is 0 Å². The second-order valence-electron chi connectivity index (χ2n) is 5.22. The average molecular weight is 250 g/mol. The van der Waals surface area contributed by atoms with Crippen molar-refractivity contribution in [3.63, 3.8) is 0 Å². The highest BCUT2D eigenvalue weighted by Gasteiger charge is 2.38. The molecule has 1 N–H and O–H groups in total. The fraction of sp³-hybridized carbons (Fsp3) is 0.500. The molecule has 2 unspecified atom stereocenters. The number of nitrogens with one attached hydrogen (secondary N) is 1. The van der Waals surface area contributed by atoms with Crippen molar-refractivity contribution in [1.82, 2.24) is 10.2 Å². The Balaban J connectivity index is 2.21. The molecule has 1 aliphatic heterocycles. The first-order chi connectivity index (χ1) is 8.50. The Hall–Kier alpha value is -1.42. The van der Waals surface area contributed by atoms with Crippen molar-refractivity contribution in [3.05, 3.63) is 35.6 Å². The Morgan fingerprint density at radius 3 is 2.67 bits per heavy atom. The van der Waals surface area contributed by atoms with Gasteiger partial charge in [0.2, 0.25) is 5.91 Å². The summed E-state index contributed by atoms with van der Waals surface area (Å²) in [5.74, 6) is 0.191. The lowest BCUT2D eigenvalue weighted by atomic mass is 10.0. The van der Waals surface area contributed by atoms with Crippen LogP contribution in [-0.4, -0.2) is 23.9 Å². The molecule has 4 heteroatoms. The van der Waals surface area contributed by atoms with Crippen molar-refractivity contribution in [2.75, 3.05) is 7.05 Å². The highest BCUT2D eigenvalue weighted by Crippen LogP contribution is 2.27. The first kappa shape index (κ1) is 13.0. The van der Waals surface area contributed by atoms with Crippen molar-refractivity contribution in [2.45, 2.75) is 32.5 Å². The summed E-state index contributed by atoms with van der Waals surface area (Å²) in [5, 5.41) is 3.22. The van der Waals surface area contributed by atoms with Gasteiger partial charge in [-0.25, -0.2) is 4.39 Å². The zero-order valence-corrected chi connectivity index (χ0v) is 11.0. The number of nitrogens with zero attached hydrogens (tertiary/aromatic N) is 1. The summed E-state index contributed by atoms with van der Waals surface area (Å²) in [4.78, 5) is 13.7. The normalized spacial score (nSPS) is 24.1. The summed E-state index contributed by atoms with van der Waals surface area (Å²) >= 11 is 0. The summed E-state index contributed by atoms with van der Waals surface area (Å²) in [6.45, 7) is 4.15. The molecule has 1 fully saturated rings. The van der Waals surface area contributed by atoms with E-state index < -0.39 is 0 Å². The van der Waals surface area contributed by atoms with Crippen LogP contribution in [0.25, 0.3) is 0 Å². The lowest BCUT2D eigenvalue weighted by molar-refractivity contribution is -0.129. The smallest absolute Gasteiger partial charge is 0.241 e. The van der Waals surface area contributed by atoms with Gasteiger partial charge in [-0.1, -0.05) is 32.0 Å². The molecule has 1 saturated heterocycles. The molecule has 0 spiro atoms. The second-order valence-corrected chi connectivity index (χ2v) is 5.22. The molecule has 98 valence electrons. The van der Waals surface area contributed by atoms with E-state index in [1.165, 1.54) is 6.07 Å². The van der Waals surface area contributed by atoms with Crippen LogP contribution in [0, 0.1) is 11.7 Å². The van der Waals surface area contributed by atoms with Gasteiger partial charge in [-0.2, -0.15) is 0 Å². The molecule has 0 aliphatic carbocycles. The topological polar surface area (TPSA) is 32.3 Å². The molecule has 2 atom stereocenters. The van der Waals surface area contributed by atoms with E-state index in [1.807, 2.05) is 0 Å². The van der Waals surface area contributed by atoms with Gasteiger partial charge < -0.3 is 4.90 Å². The Morgan fingerprint density at radius 1 is 1.39 bits per heavy atom. The van der Waals surface area contributed by atoms with E-state index in [0.717, 1.165) is 6.42 Å². The molecule has 0 saturated carbocycles. The molecule has 1 amide bonds. The largest absolute Gasteiger partial charge is 0.325 e. The third-order valence-corrected chi connectivity index (χ3v) is 3.30. The van der Waals surface area contributed by atoms with Gasteiger partial charge in [0.25, 0.3) is 0 Å². The van der Waals surface area contributed by atoms with Crippen LogP contribution in [0.2, 0.25) is 0 Å². The zero-order chi connectivity index (χ0) is 13.3. The molecule has 18 heavy (non-hydrogen) atoms. The number of hydrogen-bond donors (Lipinski definition) is 1. The second kappa shape index (κ2) is 5.06. The van der Waals surface area contributed by atoms with Crippen molar-refractivity contribution in [2.24, 2.45) is 5.92 Å². The minimum Gasteiger partial charge on any atom is -0.325 e. The molecular weight excluding hydrogens is 231 g/mol. The molecular formula is C14H19FN2O. The standard InChI is InChI=1S/C14H19FN2O/c1-9(2)8-12-14(18)17(3)13(16-12)10-6-4-5-7-11(10)15/h4-7,9,12-13,16H,8H2,1-3H3. The van der Waals surface area contributed by atoms with Crippen molar-refractivity contribution >= 4 is 5.91 Å². The lowest BCUT2D eigenvalue weighted by Gasteiger charge is -2.20. The van der Waals surface area contributed by atoms with Gasteiger partial charge in [-0.05, 0) is 18.4 Å². The van der Waals surface area contributed by atoms with Crippen molar-refractivity contribution in [1.29, 1.82) is 0 Å². The number of likely N-dealkylation sites (N-methyl/N-ethyl adjacent to an activating group) is 1.